The van der Waals surface area contributed by atoms with Crippen molar-refractivity contribution in [3.05, 3.63) is 0 Å². The molecule has 4 aliphatic rings. The van der Waals surface area contributed by atoms with Gasteiger partial charge in [0.1, 0.15) is 61.6 Å². The second kappa shape index (κ2) is 29.4. The molecule has 4 rings (SSSR count). The third-order valence-electron chi connectivity index (χ3n) is 11.2. The van der Waals surface area contributed by atoms with Gasteiger partial charge in [0, 0.05) is 0 Å². The lowest BCUT2D eigenvalue weighted by Crippen LogP contribution is -2.38. The van der Waals surface area contributed by atoms with Crippen LogP contribution in [0.25, 0.3) is 0 Å². The summed E-state index contributed by atoms with van der Waals surface area (Å²) in [7, 11) is -14.4. The van der Waals surface area contributed by atoms with Crippen molar-refractivity contribution in [2.75, 3.05) is 75.9 Å². The van der Waals surface area contributed by atoms with Crippen LogP contribution in [-0.4, -0.2) is 181 Å². The number of esters is 8. The lowest BCUT2D eigenvalue weighted by atomic mass is 9.91. The van der Waals surface area contributed by atoms with Crippen LogP contribution < -0.4 is 0 Å². The molecule has 6 atom stereocenters. The van der Waals surface area contributed by atoms with E-state index in [1.54, 1.807) is 41.5 Å². The van der Waals surface area contributed by atoms with Crippen LogP contribution in [0.4, 0.5) is 0 Å². The van der Waals surface area contributed by atoms with E-state index in [4.69, 9.17) is 37.9 Å². The Kier molecular flexibility index (Phi) is 26.8. The molecule has 0 aliphatic carbocycles. The molecule has 32 heteroatoms. The largest absolute Gasteiger partial charge is 0.456 e. The van der Waals surface area contributed by atoms with Gasteiger partial charge in [0.15, 0.2) is 37.6 Å². The van der Waals surface area contributed by atoms with Crippen LogP contribution in [0.3, 0.4) is 0 Å². The van der Waals surface area contributed by atoms with E-state index in [2.05, 4.69) is 16.7 Å². The van der Waals surface area contributed by atoms with Crippen molar-refractivity contribution < 1.29 is 127 Å². The summed E-state index contributed by atoms with van der Waals surface area (Å²) in [5.74, 6) is -7.23. The Bertz CT molecular complexity index is 2500. The van der Waals surface area contributed by atoms with Crippen LogP contribution in [0, 0.1) is 22.7 Å². The molecule has 0 aromatic carbocycles. The molecular formula is C44H72O28S4. The molecule has 0 radical (unpaired) electrons. The van der Waals surface area contributed by atoms with Crippen molar-refractivity contribution in [3.8, 4) is 0 Å². The zero-order valence-corrected chi connectivity index (χ0v) is 48.0. The van der Waals surface area contributed by atoms with Crippen molar-refractivity contribution >= 4 is 88.2 Å². The topological polar surface area (TPSA) is 384 Å². The maximum Gasteiger partial charge on any atom is 0.344 e. The summed E-state index contributed by atoms with van der Waals surface area (Å²) in [6.07, 6.45) is 0.709. The van der Waals surface area contributed by atoms with Gasteiger partial charge >= 0.3 is 47.8 Å². The van der Waals surface area contributed by atoms with Crippen molar-refractivity contribution in [1.82, 2.24) is 0 Å². The van der Waals surface area contributed by atoms with Crippen molar-refractivity contribution in [1.29, 1.82) is 0 Å². The molecule has 4 heterocycles. The minimum absolute atomic E-state index is 0.187. The first-order chi connectivity index (χ1) is 34.7. The number of carbonyl (C=O) groups is 8. The van der Waals surface area contributed by atoms with Gasteiger partial charge in [-0.2, -0.15) is 33.7 Å². The Labute approximate surface area is 443 Å². The Morgan fingerprint density at radius 3 is 1.05 bits per heavy atom. The van der Waals surface area contributed by atoms with E-state index >= 15 is 0 Å². The van der Waals surface area contributed by atoms with E-state index in [-0.39, 0.29) is 49.8 Å². The number of hydrogen-bond donors (Lipinski definition) is 0. The summed E-state index contributed by atoms with van der Waals surface area (Å²) in [5, 5.41) is 0. The SMILES string of the molecule is CCC(C)(C)C(=O)OCC(=O)OC1(C)COS(=O)(=O)C1.CCC(C)(C)C(=O)OCC(=O)OC1COS(=O)(=O)C1.CCC(C)C(=O)OCC(=O)OC1(C)COS(=O)(=O)C1.CCC(C)C(=O)OCC(=O)OC1COS(=O)(=O)C1. The average molecular weight is 1180 g/mol. The van der Waals surface area contributed by atoms with Crippen LogP contribution in [-0.2, 0) is 133 Å². The number of carbonyl (C=O) groups excluding carboxylic acids is 8. The fourth-order valence-electron chi connectivity index (χ4n) is 5.46. The predicted octanol–water partition coefficient (Wildman–Crippen LogP) is 0.950. The number of rotatable bonds is 20. The minimum atomic E-state index is -3.64. The summed E-state index contributed by atoms with van der Waals surface area (Å²) >= 11 is 0. The molecule has 76 heavy (non-hydrogen) atoms. The standard InChI is InChI=1S/C12H20O7S.2C11H18O7S.C10H16O7S/c1-5-11(2,3)10(14)17-6-9(13)19-12(4)7-18-20(15,16)8-12;1-4-11(2,3)10(13)16-6-9(12)18-8-5-17-19(14,15)7-8;1-4-8(2)10(13)16-5-9(12)18-11(3)6-17-19(14,15)7-11;1-3-7(2)10(12)15-5-9(11)17-8-4-16-18(13,14)6-8/h5-8H2,1-4H3;2*8H,4-7H2,1-3H3;7-8H,3-6H2,1-2H3. The maximum absolute atomic E-state index is 11.7. The third-order valence-corrected chi connectivity index (χ3v) is 16.7. The molecule has 4 fully saturated rings. The molecule has 0 aromatic heterocycles. The van der Waals surface area contributed by atoms with Gasteiger partial charge in [-0.25, -0.2) is 19.2 Å². The Hall–Kier alpha value is -4.60. The Morgan fingerprint density at radius 2 is 0.789 bits per heavy atom. The molecule has 4 saturated heterocycles. The second-order valence-electron chi connectivity index (χ2n) is 19.5. The van der Waals surface area contributed by atoms with E-state index < -0.39 is 160 Å². The molecule has 440 valence electrons. The van der Waals surface area contributed by atoms with E-state index in [0.29, 0.717) is 25.7 Å². The summed E-state index contributed by atoms with van der Waals surface area (Å²) in [4.78, 5) is 91.6. The molecule has 0 spiro atoms. The number of hydrogen-bond acceptors (Lipinski definition) is 28. The zero-order valence-electron chi connectivity index (χ0n) is 44.7. The summed E-state index contributed by atoms with van der Waals surface area (Å²) in [6.45, 7) is 17.5. The summed E-state index contributed by atoms with van der Waals surface area (Å²) in [6, 6.07) is 0. The molecule has 28 nitrogen and oxygen atoms in total. The first-order valence-corrected chi connectivity index (χ1v) is 30.0. The van der Waals surface area contributed by atoms with Crippen LogP contribution in [0.5, 0.6) is 0 Å². The first-order valence-electron chi connectivity index (χ1n) is 23.7. The van der Waals surface area contributed by atoms with Crippen LogP contribution in [0.15, 0.2) is 0 Å². The summed E-state index contributed by atoms with van der Waals surface area (Å²) in [5.41, 5.74) is -3.80. The Morgan fingerprint density at radius 1 is 0.487 bits per heavy atom. The van der Waals surface area contributed by atoms with Crippen LogP contribution >= 0.6 is 0 Å². The average Bonchev–Trinajstić information content (AvgIpc) is 4.03. The van der Waals surface area contributed by atoms with Crippen molar-refractivity contribution in [2.45, 2.75) is 132 Å². The molecular weight excluding hydrogens is 1100 g/mol. The smallest absolute Gasteiger partial charge is 0.344 e. The van der Waals surface area contributed by atoms with Crippen molar-refractivity contribution in [2.24, 2.45) is 22.7 Å². The van der Waals surface area contributed by atoms with E-state index in [1.807, 2.05) is 27.7 Å². The monoisotopic (exact) mass is 1180 g/mol. The minimum Gasteiger partial charge on any atom is -0.456 e. The highest BCUT2D eigenvalue weighted by molar-refractivity contribution is 7.87. The van der Waals surface area contributed by atoms with Crippen molar-refractivity contribution in [3.63, 3.8) is 0 Å². The molecule has 0 aromatic rings. The van der Waals surface area contributed by atoms with Gasteiger partial charge in [-0.15, -0.1) is 0 Å². The fourth-order valence-corrected chi connectivity index (χ4v) is 10.4. The maximum atomic E-state index is 11.7. The quantitative estimate of drug-likeness (QED) is 0.0930. The highest BCUT2D eigenvalue weighted by Gasteiger charge is 2.45. The van der Waals surface area contributed by atoms with Gasteiger partial charge in [-0.1, -0.05) is 41.5 Å². The first kappa shape index (κ1) is 69.4. The predicted molar refractivity (Wildman–Crippen MR) is 259 cm³/mol. The lowest BCUT2D eigenvalue weighted by molar-refractivity contribution is -0.171. The molecule has 0 saturated carbocycles. The van der Waals surface area contributed by atoms with Gasteiger partial charge in [-0.3, -0.25) is 35.9 Å². The third kappa shape index (κ3) is 26.2. The molecule has 0 bridgehead atoms. The zero-order chi connectivity index (χ0) is 58.7. The highest BCUT2D eigenvalue weighted by atomic mass is 32.2. The molecule has 0 amide bonds. The molecule has 0 N–H and O–H groups in total. The molecule has 6 unspecified atom stereocenters. The van der Waals surface area contributed by atoms with E-state index in [9.17, 15) is 72.0 Å². The van der Waals surface area contributed by atoms with Crippen LogP contribution in [0.2, 0.25) is 0 Å². The molecule has 4 aliphatic heterocycles. The van der Waals surface area contributed by atoms with Gasteiger partial charge in [0.25, 0.3) is 40.5 Å². The fraction of sp³-hybridized carbons (Fsp3) is 0.818. The second-order valence-corrected chi connectivity index (χ2v) is 26.1. The summed E-state index contributed by atoms with van der Waals surface area (Å²) < 4.78 is 145. The Balaban J connectivity index is 0.000000507. The van der Waals surface area contributed by atoms with Gasteiger partial charge < -0.3 is 37.9 Å². The highest BCUT2D eigenvalue weighted by Crippen LogP contribution is 2.26. The normalized spacial score (nSPS) is 24.3. The van der Waals surface area contributed by atoms with E-state index in [1.165, 1.54) is 13.8 Å². The van der Waals surface area contributed by atoms with Crippen LogP contribution in [0.1, 0.15) is 109 Å². The van der Waals surface area contributed by atoms with Gasteiger partial charge in [-0.05, 0) is 67.2 Å². The number of ether oxygens (including phenoxy) is 8. The lowest BCUT2D eigenvalue weighted by Gasteiger charge is -2.22. The van der Waals surface area contributed by atoms with E-state index in [0.717, 1.165) is 0 Å². The van der Waals surface area contributed by atoms with Gasteiger partial charge in [0.2, 0.25) is 0 Å². The van der Waals surface area contributed by atoms with Gasteiger partial charge in [0.05, 0.1) is 22.7 Å².